The minimum atomic E-state index is -4.73. The standard InChI is InChI=1S/C22H15F3N2O2S/c1-27-19-13-15(14-7-10-16(11-8-14)29-22(23,24)25)9-12-18(19)26-20(21(27)28)30-17-5-3-2-4-6-17/h2-13H,1H3. The van der Waals surface area contributed by atoms with Gasteiger partial charge in [-0.2, -0.15) is 0 Å². The summed E-state index contributed by atoms with van der Waals surface area (Å²) in [5.41, 5.74) is 2.51. The van der Waals surface area contributed by atoms with Crippen molar-refractivity contribution < 1.29 is 17.9 Å². The van der Waals surface area contributed by atoms with Crippen molar-refractivity contribution in [3.63, 3.8) is 0 Å². The first-order chi connectivity index (χ1) is 14.3. The minimum absolute atomic E-state index is 0.220. The van der Waals surface area contributed by atoms with Gasteiger partial charge in [0, 0.05) is 11.9 Å². The lowest BCUT2D eigenvalue weighted by Gasteiger charge is -2.11. The van der Waals surface area contributed by atoms with Gasteiger partial charge in [0.05, 0.1) is 11.0 Å². The Balaban J connectivity index is 1.68. The van der Waals surface area contributed by atoms with Crippen LogP contribution in [0.5, 0.6) is 5.75 Å². The highest BCUT2D eigenvalue weighted by atomic mass is 32.2. The second-order valence-electron chi connectivity index (χ2n) is 6.47. The predicted molar refractivity (Wildman–Crippen MR) is 110 cm³/mol. The molecular formula is C22H15F3N2O2S. The number of aryl methyl sites for hydroxylation is 1. The normalized spacial score (nSPS) is 11.6. The molecule has 0 aliphatic carbocycles. The van der Waals surface area contributed by atoms with Crippen molar-refractivity contribution in [3.05, 3.63) is 83.2 Å². The van der Waals surface area contributed by atoms with Crippen LogP contribution < -0.4 is 10.3 Å². The van der Waals surface area contributed by atoms with Gasteiger partial charge >= 0.3 is 6.36 Å². The Labute approximate surface area is 174 Å². The van der Waals surface area contributed by atoms with Gasteiger partial charge in [-0.25, -0.2) is 4.98 Å². The smallest absolute Gasteiger partial charge is 0.406 e. The van der Waals surface area contributed by atoms with Crippen LogP contribution in [0, 0.1) is 0 Å². The SMILES string of the molecule is Cn1c(=O)c(Sc2ccccc2)nc2ccc(-c3ccc(OC(F)(F)F)cc3)cc21. The third-order valence-corrected chi connectivity index (χ3v) is 5.39. The van der Waals surface area contributed by atoms with E-state index in [1.807, 2.05) is 36.4 Å². The van der Waals surface area contributed by atoms with Crippen molar-refractivity contribution in [2.45, 2.75) is 16.3 Å². The van der Waals surface area contributed by atoms with Crippen LogP contribution >= 0.6 is 11.8 Å². The van der Waals surface area contributed by atoms with Crippen LogP contribution in [0.2, 0.25) is 0 Å². The Hall–Kier alpha value is -3.26. The molecule has 0 saturated carbocycles. The van der Waals surface area contributed by atoms with Gasteiger partial charge in [-0.15, -0.1) is 13.2 Å². The number of rotatable bonds is 4. The zero-order valence-electron chi connectivity index (χ0n) is 15.7. The Morgan fingerprint density at radius 1 is 0.933 bits per heavy atom. The first-order valence-electron chi connectivity index (χ1n) is 8.90. The molecule has 0 aliphatic rings. The van der Waals surface area contributed by atoms with E-state index >= 15 is 0 Å². The lowest BCUT2D eigenvalue weighted by atomic mass is 10.0. The maximum atomic E-state index is 12.8. The van der Waals surface area contributed by atoms with E-state index in [-0.39, 0.29) is 11.3 Å². The van der Waals surface area contributed by atoms with Gasteiger partial charge in [0.2, 0.25) is 0 Å². The van der Waals surface area contributed by atoms with Crippen molar-refractivity contribution >= 4 is 22.8 Å². The van der Waals surface area contributed by atoms with Gasteiger partial charge in [0.1, 0.15) is 5.75 Å². The van der Waals surface area contributed by atoms with E-state index < -0.39 is 6.36 Å². The second-order valence-corrected chi connectivity index (χ2v) is 7.53. The van der Waals surface area contributed by atoms with Crippen LogP contribution in [-0.4, -0.2) is 15.9 Å². The Bertz CT molecular complexity index is 1250. The molecule has 0 fully saturated rings. The van der Waals surface area contributed by atoms with E-state index in [1.165, 1.54) is 40.6 Å². The van der Waals surface area contributed by atoms with Gasteiger partial charge in [-0.1, -0.05) is 48.2 Å². The van der Waals surface area contributed by atoms with Crippen LogP contribution in [0.3, 0.4) is 0 Å². The molecule has 4 nitrogen and oxygen atoms in total. The highest BCUT2D eigenvalue weighted by Crippen LogP contribution is 2.29. The maximum Gasteiger partial charge on any atom is 0.573 e. The molecule has 152 valence electrons. The fourth-order valence-corrected chi connectivity index (χ4v) is 3.88. The average Bonchev–Trinajstić information content (AvgIpc) is 2.72. The number of ether oxygens (including phenoxy) is 1. The molecule has 4 rings (SSSR count). The van der Waals surface area contributed by atoms with Gasteiger partial charge in [-0.3, -0.25) is 4.79 Å². The summed E-state index contributed by atoms with van der Waals surface area (Å²) in [5, 5.41) is 0.373. The monoisotopic (exact) mass is 428 g/mol. The van der Waals surface area contributed by atoms with E-state index in [4.69, 9.17) is 0 Å². The number of nitrogens with zero attached hydrogens (tertiary/aromatic N) is 2. The topological polar surface area (TPSA) is 44.1 Å². The highest BCUT2D eigenvalue weighted by Gasteiger charge is 2.30. The van der Waals surface area contributed by atoms with E-state index in [1.54, 1.807) is 19.2 Å². The number of benzene rings is 3. The molecule has 3 aromatic carbocycles. The summed E-state index contributed by atoms with van der Waals surface area (Å²) >= 11 is 1.30. The largest absolute Gasteiger partial charge is 0.573 e. The summed E-state index contributed by atoms with van der Waals surface area (Å²) in [4.78, 5) is 18.2. The Morgan fingerprint density at radius 3 is 2.27 bits per heavy atom. The van der Waals surface area contributed by atoms with Crippen molar-refractivity contribution in [2.24, 2.45) is 7.05 Å². The quantitative estimate of drug-likeness (QED) is 0.421. The van der Waals surface area contributed by atoms with E-state index in [0.717, 1.165) is 10.5 Å². The zero-order chi connectivity index (χ0) is 21.3. The predicted octanol–water partition coefficient (Wildman–Crippen LogP) is 5.65. The molecule has 8 heteroatoms. The molecule has 0 bridgehead atoms. The second kappa shape index (κ2) is 7.87. The van der Waals surface area contributed by atoms with Crippen LogP contribution in [0.15, 0.2) is 87.5 Å². The molecule has 30 heavy (non-hydrogen) atoms. The van der Waals surface area contributed by atoms with E-state index in [9.17, 15) is 18.0 Å². The fraction of sp³-hybridized carbons (Fsp3) is 0.0909. The first kappa shape index (κ1) is 20.0. The summed E-state index contributed by atoms with van der Waals surface area (Å²) in [6, 6.07) is 20.5. The highest BCUT2D eigenvalue weighted by molar-refractivity contribution is 7.99. The van der Waals surface area contributed by atoms with E-state index in [0.29, 0.717) is 21.6 Å². The molecule has 1 aromatic heterocycles. The van der Waals surface area contributed by atoms with Crippen LogP contribution in [0.1, 0.15) is 0 Å². The zero-order valence-corrected chi connectivity index (χ0v) is 16.5. The van der Waals surface area contributed by atoms with Gasteiger partial charge in [-0.05, 0) is 47.5 Å². The van der Waals surface area contributed by atoms with Gasteiger partial charge in [0.25, 0.3) is 5.56 Å². The summed E-state index contributed by atoms with van der Waals surface area (Å²) in [5.74, 6) is -0.288. The summed E-state index contributed by atoms with van der Waals surface area (Å²) in [6.45, 7) is 0. The lowest BCUT2D eigenvalue weighted by molar-refractivity contribution is -0.274. The van der Waals surface area contributed by atoms with Crippen molar-refractivity contribution in [1.82, 2.24) is 9.55 Å². The lowest BCUT2D eigenvalue weighted by Crippen LogP contribution is -2.20. The van der Waals surface area contributed by atoms with Crippen LogP contribution in [0.25, 0.3) is 22.2 Å². The average molecular weight is 428 g/mol. The number of hydrogen-bond donors (Lipinski definition) is 0. The first-order valence-corrected chi connectivity index (χ1v) is 9.72. The number of hydrogen-bond acceptors (Lipinski definition) is 4. The molecule has 0 atom stereocenters. The molecule has 0 radical (unpaired) electrons. The van der Waals surface area contributed by atoms with Crippen molar-refractivity contribution in [1.29, 1.82) is 0 Å². The molecule has 0 N–H and O–H groups in total. The van der Waals surface area contributed by atoms with E-state index in [2.05, 4.69) is 9.72 Å². The Morgan fingerprint density at radius 2 is 1.60 bits per heavy atom. The summed E-state index contributed by atoms with van der Waals surface area (Å²) in [6.07, 6.45) is -4.73. The van der Waals surface area contributed by atoms with Crippen molar-refractivity contribution in [3.8, 4) is 16.9 Å². The number of fused-ring (bicyclic) bond motifs is 1. The molecule has 0 unspecified atom stereocenters. The molecule has 1 heterocycles. The Kier molecular flexibility index (Phi) is 5.26. The minimum Gasteiger partial charge on any atom is -0.406 e. The van der Waals surface area contributed by atoms with Crippen LogP contribution in [-0.2, 0) is 7.05 Å². The molecule has 0 saturated heterocycles. The molecule has 0 amide bonds. The summed E-state index contributed by atoms with van der Waals surface area (Å²) < 4.78 is 42.4. The van der Waals surface area contributed by atoms with Gasteiger partial charge in [0.15, 0.2) is 5.03 Å². The van der Waals surface area contributed by atoms with Crippen LogP contribution in [0.4, 0.5) is 13.2 Å². The number of alkyl halides is 3. The maximum absolute atomic E-state index is 12.8. The third kappa shape index (κ3) is 4.33. The van der Waals surface area contributed by atoms with Crippen molar-refractivity contribution in [2.75, 3.05) is 0 Å². The summed E-state index contributed by atoms with van der Waals surface area (Å²) in [7, 11) is 1.67. The molecule has 0 aliphatic heterocycles. The molecular weight excluding hydrogens is 413 g/mol. The molecule has 4 aromatic rings. The number of aromatic nitrogens is 2. The molecule has 0 spiro atoms. The number of halogens is 3. The van der Waals surface area contributed by atoms with Gasteiger partial charge < -0.3 is 9.30 Å². The third-order valence-electron chi connectivity index (χ3n) is 4.43. The fourth-order valence-electron chi connectivity index (χ4n) is 2.99.